The van der Waals surface area contributed by atoms with Gasteiger partial charge in [0.05, 0.1) is 20.8 Å². The molecule has 2 N–H and O–H groups in total. The minimum atomic E-state index is -0.259. The van der Waals surface area contributed by atoms with E-state index in [4.69, 9.17) is 14.6 Å². The summed E-state index contributed by atoms with van der Waals surface area (Å²) >= 11 is 3.16. The lowest BCUT2D eigenvalue weighted by molar-refractivity contribution is 0.272. The maximum atomic E-state index is 9.59. The number of benzene rings is 1. The normalized spacial score (nSPS) is 10.0. The minimum absolute atomic E-state index is 0.0369. The van der Waals surface area contributed by atoms with Crippen LogP contribution >= 0.6 is 15.9 Å². The molecule has 0 radical (unpaired) electrons. The van der Waals surface area contributed by atoms with Crippen molar-refractivity contribution in [2.45, 2.75) is 6.61 Å². The van der Waals surface area contributed by atoms with Crippen LogP contribution in [0, 0.1) is 0 Å². The summed E-state index contributed by atoms with van der Waals surface area (Å²) in [5.74, 6) is 0.827. The van der Waals surface area contributed by atoms with E-state index in [1.165, 1.54) is 20.3 Å². The fraction of sp³-hybridized carbons (Fsp3) is 0.333. The van der Waals surface area contributed by atoms with Crippen LogP contribution in [-0.2, 0) is 6.61 Å². The Balaban J connectivity index is 3.38. The molecule has 0 amide bonds. The zero-order valence-corrected chi connectivity index (χ0v) is 9.46. The van der Waals surface area contributed by atoms with E-state index in [2.05, 4.69) is 15.9 Å². The first-order valence-electron chi connectivity index (χ1n) is 3.88. The molecule has 0 bridgehead atoms. The number of rotatable bonds is 3. The summed E-state index contributed by atoms with van der Waals surface area (Å²) in [6.45, 7) is -0.259. The van der Waals surface area contributed by atoms with Crippen molar-refractivity contribution in [3.8, 4) is 17.2 Å². The van der Waals surface area contributed by atoms with Crippen LogP contribution in [0.3, 0.4) is 0 Å². The molecule has 1 aromatic carbocycles. The molecular weight excluding hydrogens is 252 g/mol. The molecule has 0 atom stereocenters. The molecule has 0 fully saturated rings. The SMILES string of the molecule is COc1cc(CO)c(O)c(Br)c1OC. The van der Waals surface area contributed by atoms with Crippen LogP contribution < -0.4 is 9.47 Å². The van der Waals surface area contributed by atoms with Crippen molar-refractivity contribution < 1.29 is 19.7 Å². The summed E-state index contributed by atoms with van der Waals surface area (Å²) in [6, 6.07) is 1.53. The first-order valence-corrected chi connectivity index (χ1v) is 4.68. The highest BCUT2D eigenvalue weighted by Gasteiger charge is 2.16. The molecule has 4 nitrogen and oxygen atoms in total. The molecule has 0 aliphatic rings. The van der Waals surface area contributed by atoms with Gasteiger partial charge >= 0.3 is 0 Å². The van der Waals surface area contributed by atoms with Gasteiger partial charge in [0.15, 0.2) is 11.5 Å². The molecule has 0 aliphatic carbocycles. The molecule has 0 aliphatic heterocycles. The van der Waals surface area contributed by atoms with Gasteiger partial charge in [0.2, 0.25) is 0 Å². The number of hydrogen-bond donors (Lipinski definition) is 2. The average Bonchev–Trinajstić information content (AvgIpc) is 2.21. The molecule has 0 saturated heterocycles. The lowest BCUT2D eigenvalue weighted by Crippen LogP contribution is -1.95. The summed E-state index contributed by atoms with van der Waals surface area (Å²) in [4.78, 5) is 0. The van der Waals surface area contributed by atoms with Crippen molar-refractivity contribution in [3.63, 3.8) is 0 Å². The summed E-state index contributed by atoms with van der Waals surface area (Å²) in [6.07, 6.45) is 0. The van der Waals surface area contributed by atoms with Crippen molar-refractivity contribution in [1.82, 2.24) is 0 Å². The number of aliphatic hydroxyl groups excluding tert-OH is 1. The molecule has 0 unspecified atom stereocenters. The van der Waals surface area contributed by atoms with Gasteiger partial charge in [0.1, 0.15) is 10.2 Å². The summed E-state index contributed by atoms with van der Waals surface area (Å²) in [5, 5.41) is 18.5. The quantitative estimate of drug-likeness (QED) is 0.870. The average molecular weight is 263 g/mol. The second-order valence-electron chi connectivity index (χ2n) is 2.59. The first-order chi connectivity index (χ1) is 6.65. The lowest BCUT2D eigenvalue weighted by Gasteiger charge is -2.12. The van der Waals surface area contributed by atoms with E-state index < -0.39 is 0 Å². The Morgan fingerprint density at radius 2 is 2.00 bits per heavy atom. The maximum Gasteiger partial charge on any atom is 0.178 e. The first kappa shape index (κ1) is 11.1. The Kier molecular flexibility index (Phi) is 3.60. The third-order valence-corrected chi connectivity index (χ3v) is 2.57. The van der Waals surface area contributed by atoms with Gasteiger partial charge < -0.3 is 19.7 Å². The van der Waals surface area contributed by atoms with E-state index in [1.807, 2.05) is 0 Å². The van der Waals surface area contributed by atoms with Crippen LogP contribution in [0.25, 0.3) is 0 Å². The van der Waals surface area contributed by atoms with Crippen LogP contribution in [0.15, 0.2) is 10.5 Å². The van der Waals surface area contributed by atoms with E-state index >= 15 is 0 Å². The monoisotopic (exact) mass is 262 g/mol. The molecule has 1 aromatic rings. The number of halogens is 1. The zero-order chi connectivity index (χ0) is 10.7. The molecule has 0 spiro atoms. The summed E-state index contributed by atoms with van der Waals surface area (Å²) < 4.78 is 10.4. The van der Waals surface area contributed by atoms with Crippen molar-refractivity contribution in [2.24, 2.45) is 0 Å². The Morgan fingerprint density at radius 3 is 2.43 bits per heavy atom. The third kappa shape index (κ3) is 1.78. The standard InChI is InChI=1S/C9H11BrO4/c1-13-6-3-5(4-11)8(12)7(10)9(6)14-2/h3,11-12H,4H2,1-2H3. The number of ether oxygens (including phenoxy) is 2. The lowest BCUT2D eigenvalue weighted by atomic mass is 10.2. The van der Waals surface area contributed by atoms with Crippen molar-refractivity contribution in [3.05, 3.63) is 16.1 Å². The second kappa shape index (κ2) is 4.52. The molecule has 0 saturated carbocycles. The van der Waals surface area contributed by atoms with Gasteiger partial charge in [0, 0.05) is 5.56 Å². The summed E-state index contributed by atoms with van der Waals surface area (Å²) in [5.41, 5.74) is 0.384. The molecule has 0 heterocycles. The van der Waals surface area contributed by atoms with Crippen molar-refractivity contribution in [1.29, 1.82) is 0 Å². The van der Waals surface area contributed by atoms with E-state index in [1.54, 1.807) is 0 Å². The van der Waals surface area contributed by atoms with Gasteiger partial charge in [-0.25, -0.2) is 0 Å². The van der Waals surface area contributed by atoms with Gasteiger partial charge in [-0.05, 0) is 22.0 Å². The summed E-state index contributed by atoms with van der Waals surface area (Å²) in [7, 11) is 2.96. The predicted octanol–water partition coefficient (Wildman–Crippen LogP) is 1.66. The van der Waals surface area contributed by atoms with Crippen LogP contribution in [0.4, 0.5) is 0 Å². The Morgan fingerprint density at radius 1 is 1.36 bits per heavy atom. The van der Waals surface area contributed by atoms with Gasteiger partial charge in [-0.2, -0.15) is 0 Å². The van der Waals surface area contributed by atoms with Crippen LogP contribution in [0.5, 0.6) is 17.2 Å². The van der Waals surface area contributed by atoms with Gasteiger partial charge in [-0.1, -0.05) is 0 Å². The van der Waals surface area contributed by atoms with Gasteiger partial charge in [-0.3, -0.25) is 0 Å². The fourth-order valence-electron chi connectivity index (χ4n) is 1.11. The van der Waals surface area contributed by atoms with E-state index in [9.17, 15) is 5.11 Å². The highest BCUT2D eigenvalue weighted by molar-refractivity contribution is 9.10. The number of aliphatic hydroxyl groups is 1. The molecule has 14 heavy (non-hydrogen) atoms. The molecule has 78 valence electrons. The van der Waals surface area contributed by atoms with Gasteiger partial charge in [0.25, 0.3) is 0 Å². The number of phenols is 1. The highest BCUT2D eigenvalue weighted by atomic mass is 79.9. The topological polar surface area (TPSA) is 58.9 Å². The van der Waals surface area contributed by atoms with Crippen molar-refractivity contribution in [2.75, 3.05) is 14.2 Å². The van der Waals surface area contributed by atoms with E-state index in [0.717, 1.165) is 0 Å². The minimum Gasteiger partial charge on any atom is -0.506 e. The Labute approximate surface area is 90.2 Å². The van der Waals surface area contributed by atoms with Crippen LogP contribution in [0.2, 0.25) is 0 Å². The zero-order valence-electron chi connectivity index (χ0n) is 7.87. The second-order valence-corrected chi connectivity index (χ2v) is 3.38. The number of methoxy groups -OCH3 is 2. The fourth-order valence-corrected chi connectivity index (χ4v) is 1.72. The largest absolute Gasteiger partial charge is 0.506 e. The van der Waals surface area contributed by atoms with Crippen LogP contribution in [-0.4, -0.2) is 24.4 Å². The van der Waals surface area contributed by atoms with Crippen LogP contribution in [0.1, 0.15) is 5.56 Å². The van der Waals surface area contributed by atoms with E-state index in [0.29, 0.717) is 21.5 Å². The molecule has 1 rings (SSSR count). The molecular formula is C9H11BrO4. The third-order valence-electron chi connectivity index (χ3n) is 1.83. The number of aromatic hydroxyl groups is 1. The molecule has 0 aromatic heterocycles. The van der Waals surface area contributed by atoms with Crippen molar-refractivity contribution >= 4 is 15.9 Å². The van der Waals surface area contributed by atoms with Gasteiger partial charge in [-0.15, -0.1) is 0 Å². The number of hydrogen-bond acceptors (Lipinski definition) is 4. The Bertz CT molecular complexity index is 338. The maximum absolute atomic E-state index is 9.59. The predicted molar refractivity (Wildman–Crippen MR) is 54.8 cm³/mol. The Hall–Kier alpha value is -0.940. The highest BCUT2D eigenvalue weighted by Crippen LogP contribution is 2.43. The smallest absolute Gasteiger partial charge is 0.178 e. The molecule has 5 heteroatoms. The van der Waals surface area contributed by atoms with E-state index in [-0.39, 0.29) is 12.4 Å².